The third kappa shape index (κ3) is 21.2. The Morgan fingerprint density at radius 2 is 1.04 bits per heavy atom. The summed E-state index contributed by atoms with van der Waals surface area (Å²) in [5, 5.41) is 58.9. The number of carboxylic acid groups (broad SMARTS) is 1. The molecule has 5 aliphatic heterocycles. The SMILES string of the molecule is CCCCOCC1O[C@@H](OCC2O[C@@H](OC3[C@H](O)OC(C(C)=O)[C@@](C)(O)[C@@H]3OC(N)=O)[C@@H](C)C(O)[C@@H]2O[C@@H]2OC(C)[C@@H](O[C@@H]3OC(C(=O)O)[C@H](OCCCC)C(OCCCC)[C@@H]3OC(=O)c3ccccc3)C(O)[C@@H]2N)[C@@H](OCCCC)C(OCCCC)[C@@H]1OCCCC. The van der Waals surface area contributed by atoms with Gasteiger partial charge in [0.2, 0.25) is 0 Å². The van der Waals surface area contributed by atoms with Gasteiger partial charge in [0.15, 0.2) is 67.8 Å². The van der Waals surface area contributed by atoms with E-state index in [-0.39, 0.29) is 25.4 Å². The van der Waals surface area contributed by atoms with Crippen LogP contribution >= 0.6 is 0 Å². The Hall–Kier alpha value is -3.70. The molecule has 28 heteroatoms. The molecule has 5 fully saturated rings. The third-order valence-corrected chi connectivity index (χ3v) is 17.3. The molecule has 0 bridgehead atoms. The van der Waals surface area contributed by atoms with E-state index in [1.54, 1.807) is 18.2 Å². The largest absolute Gasteiger partial charge is 0.479 e. The Bertz CT molecular complexity index is 2350. The van der Waals surface area contributed by atoms with Crippen molar-refractivity contribution >= 4 is 23.8 Å². The first-order valence-electron chi connectivity index (χ1n) is 33.6. The summed E-state index contributed by atoms with van der Waals surface area (Å²) in [6.07, 6.45) is -23.7. The minimum Gasteiger partial charge on any atom is -0.479 e. The van der Waals surface area contributed by atoms with Crippen LogP contribution in [-0.2, 0) is 90.1 Å². The molecule has 28 nitrogen and oxygen atoms in total. The van der Waals surface area contributed by atoms with Crippen molar-refractivity contribution in [1.82, 2.24) is 0 Å². The molecule has 0 radical (unpaired) electrons. The number of Topliss-reactive ketones (excluding diaryl/α,β-unsaturated/α-hetero) is 1. The zero-order chi connectivity index (χ0) is 67.9. The van der Waals surface area contributed by atoms with Crippen LogP contribution in [0, 0.1) is 5.92 Å². The predicted molar refractivity (Wildman–Crippen MR) is 329 cm³/mol. The number of aliphatic hydroxyl groups is 4. The quantitative estimate of drug-likeness (QED) is 0.0356. The number of rotatable bonds is 39. The molecule has 5 saturated heterocycles. The molecule has 1 amide bonds. The van der Waals surface area contributed by atoms with Crippen LogP contribution in [0.15, 0.2) is 30.3 Å². The number of ketones is 1. The second-order valence-corrected chi connectivity index (χ2v) is 24.8. The van der Waals surface area contributed by atoms with Crippen LogP contribution in [-0.4, -0.2) is 249 Å². The smallest absolute Gasteiger partial charge is 0.404 e. The van der Waals surface area contributed by atoms with Crippen molar-refractivity contribution in [3.8, 4) is 0 Å². The van der Waals surface area contributed by atoms with Gasteiger partial charge in [-0.25, -0.2) is 14.4 Å². The van der Waals surface area contributed by atoms with E-state index in [4.69, 9.17) is 92.0 Å². The van der Waals surface area contributed by atoms with E-state index in [0.29, 0.717) is 52.1 Å². The number of carboxylic acids is 1. The first kappa shape index (κ1) is 78.3. The predicted octanol–water partition coefficient (Wildman–Crippen LogP) is 4.34. The average molecular weight is 1330 g/mol. The standard InChI is InChI=1S/C65H108N2O26/c1-11-17-28-77-34-40-47(78-29-18-12-2)48(79-30-19-13-3)52(82-33-22-16-6)62(86-40)83-35-41-46(43(69)36(7)60(85-41)91-54-56(93-64(67)75)65(10,76)55(37(8)68)92-59(54)74)89-61-42(66)44(70)45(38(9)84-61)88-63-53(87-58(73)39-26-24-23-25-27-39)50(81-32-21-15-5)49(80-31-20-14-4)51(90-63)57(71)72/h23-27,36,38,40-56,59-63,69-70,74,76H,11-22,28-35,66H2,1-10H3,(H2,67,75)(H,71,72)/t36-,38?,40?,41?,42-,43?,44?,45+,46+,47+,48?,49+,50?,51?,52-,53-,54?,55?,56+,59+,60-,61-,62+,63+,65+/m0/s1. The summed E-state index contributed by atoms with van der Waals surface area (Å²) >= 11 is 0. The maximum atomic E-state index is 13.9. The van der Waals surface area contributed by atoms with E-state index in [1.807, 2.05) is 27.7 Å². The van der Waals surface area contributed by atoms with Gasteiger partial charge < -0.3 is 118 Å². The number of ether oxygens (including phenoxy) is 17. The summed E-state index contributed by atoms with van der Waals surface area (Å²) < 4.78 is 108. The lowest BCUT2D eigenvalue weighted by molar-refractivity contribution is -0.382. The molecule has 9 N–H and O–H groups in total. The lowest BCUT2D eigenvalue weighted by Gasteiger charge is -2.51. The Morgan fingerprint density at radius 3 is 1.60 bits per heavy atom. The zero-order valence-electron chi connectivity index (χ0n) is 55.8. The van der Waals surface area contributed by atoms with Gasteiger partial charge in [0, 0.05) is 45.6 Å². The highest BCUT2D eigenvalue weighted by molar-refractivity contribution is 5.89. The van der Waals surface area contributed by atoms with Crippen LogP contribution in [0.2, 0.25) is 0 Å². The van der Waals surface area contributed by atoms with Gasteiger partial charge in [-0.2, -0.15) is 0 Å². The summed E-state index contributed by atoms with van der Waals surface area (Å²) in [7, 11) is 0. The first-order chi connectivity index (χ1) is 44.6. The molecule has 6 rings (SSSR count). The first-order valence-corrected chi connectivity index (χ1v) is 33.6. The molecule has 0 spiro atoms. The topological polar surface area (TPSA) is 378 Å². The van der Waals surface area contributed by atoms with Crippen molar-refractivity contribution in [2.75, 3.05) is 52.9 Å². The number of hydrogen-bond donors (Lipinski definition) is 7. The lowest BCUT2D eigenvalue weighted by atomic mass is 9.83. The van der Waals surface area contributed by atoms with Gasteiger partial charge in [0.05, 0.1) is 37.0 Å². The van der Waals surface area contributed by atoms with Crippen molar-refractivity contribution in [3.63, 3.8) is 0 Å². The van der Waals surface area contributed by atoms with Crippen molar-refractivity contribution in [2.45, 2.75) is 293 Å². The average Bonchev–Trinajstić information content (AvgIpc) is 0.784. The van der Waals surface area contributed by atoms with Crippen LogP contribution in [0.5, 0.6) is 0 Å². The van der Waals surface area contributed by atoms with E-state index >= 15 is 0 Å². The maximum Gasteiger partial charge on any atom is 0.404 e. The van der Waals surface area contributed by atoms with Crippen molar-refractivity contribution in [2.24, 2.45) is 17.4 Å². The van der Waals surface area contributed by atoms with Gasteiger partial charge >= 0.3 is 18.0 Å². The number of primary amides is 1. The highest BCUT2D eigenvalue weighted by Gasteiger charge is 2.61. The van der Waals surface area contributed by atoms with E-state index in [1.165, 1.54) is 26.0 Å². The number of unbranched alkanes of at least 4 members (excludes halogenated alkanes) is 6. The monoisotopic (exact) mass is 1330 g/mol. The van der Waals surface area contributed by atoms with Crippen LogP contribution in [0.3, 0.4) is 0 Å². The number of esters is 1. The molecule has 0 aliphatic carbocycles. The van der Waals surface area contributed by atoms with E-state index in [0.717, 1.165) is 65.2 Å². The van der Waals surface area contributed by atoms with E-state index in [2.05, 4.69) is 13.8 Å². The zero-order valence-corrected chi connectivity index (χ0v) is 55.8. The van der Waals surface area contributed by atoms with Crippen molar-refractivity contribution in [3.05, 3.63) is 35.9 Å². The van der Waals surface area contributed by atoms with Gasteiger partial charge in [-0.15, -0.1) is 0 Å². The summed E-state index contributed by atoms with van der Waals surface area (Å²) in [4.78, 5) is 52.3. The lowest BCUT2D eigenvalue weighted by Crippen LogP contribution is -2.70. The molecule has 5 heterocycles. The fraction of sp³-hybridized carbons (Fsp3) is 0.846. The number of aliphatic hydroxyl groups excluding tert-OH is 3. The number of hydrogen-bond acceptors (Lipinski definition) is 26. The molecule has 0 saturated carbocycles. The summed E-state index contributed by atoms with van der Waals surface area (Å²) in [6, 6.07) is 6.57. The van der Waals surface area contributed by atoms with Gasteiger partial charge in [0.1, 0.15) is 66.6 Å². The Balaban J connectivity index is 1.36. The Kier molecular flexibility index (Phi) is 32.9. The Labute approximate surface area is 546 Å². The van der Waals surface area contributed by atoms with E-state index < -0.39 is 183 Å². The fourth-order valence-electron chi connectivity index (χ4n) is 11.8. The summed E-state index contributed by atoms with van der Waals surface area (Å²) in [5.74, 6) is -4.10. The van der Waals surface area contributed by atoms with E-state index in [9.17, 15) is 44.7 Å². The molecule has 5 aliphatic rings. The van der Waals surface area contributed by atoms with Crippen LogP contribution in [0.25, 0.3) is 0 Å². The second kappa shape index (κ2) is 39.0. The number of carbonyl (C=O) groups excluding carboxylic acids is 3. The molecule has 534 valence electrons. The number of amides is 1. The number of benzene rings is 1. The maximum absolute atomic E-state index is 13.9. The molecule has 1 aromatic rings. The van der Waals surface area contributed by atoms with Crippen LogP contribution < -0.4 is 11.5 Å². The molecule has 1 aromatic carbocycles. The molecule has 93 heavy (non-hydrogen) atoms. The van der Waals surface area contributed by atoms with Gasteiger partial charge in [-0.3, -0.25) is 4.79 Å². The number of nitrogens with two attached hydrogens (primary N) is 2. The van der Waals surface area contributed by atoms with Crippen LogP contribution in [0.1, 0.15) is 157 Å². The summed E-state index contributed by atoms with van der Waals surface area (Å²) in [5.41, 5.74) is 10.2. The summed E-state index contributed by atoms with van der Waals surface area (Å²) in [6.45, 7) is 18.7. The third-order valence-electron chi connectivity index (χ3n) is 17.3. The minimum atomic E-state index is -2.33. The second-order valence-electron chi connectivity index (χ2n) is 24.8. The Morgan fingerprint density at radius 1 is 0.538 bits per heavy atom. The highest BCUT2D eigenvalue weighted by atomic mass is 16.8. The normalized spacial score (nSPS) is 37.3. The van der Waals surface area contributed by atoms with Gasteiger partial charge in [-0.05, 0) is 71.4 Å². The minimum absolute atomic E-state index is 0.105. The number of carbonyl (C=O) groups is 4. The molecular formula is C65H108N2O26. The highest BCUT2D eigenvalue weighted by Crippen LogP contribution is 2.40. The molecule has 10 unspecified atom stereocenters. The molecule has 25 atom stereocenters. The van der Waals surface area contributed by atoms with Crippen molar-refractivity contribution in [1.29, 1.82) is 0 Å². The van der Waals surface area contributed by atoms with Crippen LogP contribution in [0.4, 0.5) is 4.79 Å². The van der Waals surface area contributed by atoms with Gasteiger partial charge in [-0.1, -0.05) is 105 Å². The fourth-order valence-corrected chi connectivity index (χ4v) is 11.8. The van der Waals surface area contributed by atoms with Gasteiger partial charge in [0.25, 0.3) is 0 Å². The molecule has 0 aromatic heterocycles. The van der Waals surface area contributed by atoms with Crippen molar-refractivity contribution < 1.29 is 125 Å². The molecular weight excluding hydrogens is 1220 g/mol. The number of aliphatic carboxylic acids is 1.